The fraction of sp³-hybridized carbons (Fsp3) is 0.107. The highest BCUT2D eigenvalue weighted by atomic mass is 16.5. The molecule has 6 heteroatoms. The van der Waals surface area contributed by atoms with E-state index < -0.39 is 0 Å². The van der Waals surface area contributed by atoms with Crippen LogP contribution in [0.1, 0.15) is 23.1 Å². The summed E-state index contributed by atoms with van der Waals surface area (Å²) in [5.41, 5.74) is 3.49. The molecule has 0 aliphatic heterocycles. The summed E-state index contributed by atoms with van der Waals surface area (Å²) in [5.74, 6) is 1.10. The molecule has 0 fully saturated rings. The molecule has 0 spiro atoms. The van der Waals surface area contributed by atoms with Crippen LogP contribution in [0.4, 0.5) is 5.69 Å². The van der Waals surface area contributed by atoms with Crippen LogP contribution in [0.5, 0.6) is 5.75 Å². The first-order valence-corrected chi connectivity index (χ1v) is 11.2. The van der Waals surface area contributed by atoms with Gasteiger partial charge >= 0.3 is 0 Å². The number of hydrogen-bond acceptors (Lipinski definition) is 4. The summed E-state index contributed by atoms with van der Waals surface area (Å²) in [7, 11) is 0. The highest BCUT2D eigenvalue weighted by molar-refractivity contribution is 6.07. The smallest absolute Gasteiger partial charge is 0.295 e. The van der Waals surface area contributed by atoms with Gasteiger partial charge in [0, 0.05) is 16.6 Å². The van der Waals surface area contributed by atoms with Crippen molar-refractivity contribution in [2.45, 2.75) is 13.8 Å². The van der Waals surface area contributed by atoms with Gasteiger partial charge in [-0.05, 0) is 55.6 Å². The largest absolute Gasteiger partial charge is 0.494 e. The Morgan fingerprint density at radius 1 is 0.941 bits per heavy atom. The van der Waals surface area contributed by atoms with Crippen LogP contribution in [-0.2, 0) is 0 Å². The molecule has 0 atom stereocenters. The number of amides is 1. The van der Waals surface area contributed by atoms with E-state index >= 15 is 0 Å². The number of fused-ring (bicyclic) bond motifs is 1. The Morgan fingerprint density at radius 2 is 1.71 bits per heavy atom. The number of hydrogen-bond donors (Lipinski definition) is 1. The van der Waals surface area contributed by atoms with E-state index in [0.717, 1.165) is 39.0 Å². The molecule has 0 aliphatic carbocycles. The molecule has 1 amide bonds. The second kappa shape index (κ2) is 9.19. The van der Waals surface area contributed by atoms with E-state index in [9.17, 15) is 4.79 Å². The molecule has 168 valence electrons. The number of benzene rings is 4. The Hall–Kier alpha value is -4.45. The molecule has 5 aromatic rings. The molecule has 1 aromatic heterocycles. The second-order valence-electron chi connectivity index (χ2n) is 7.95. The van der Waals surface area contributed by atoms with E-state index in [1.165, 1.54) is 0 Å². The lowest BCUT2D eigenvalue weighted by Crippen LogP contribution is -2.14. The van der Waals surface area contributed by atoms with Crippen LogP contribution in [0.2, 0.25) is 0 Å². The zero-order valence-corrected chi connectivity index (χ0v) is 19.0. The predicted octanol–water partition coefficient (Wildman–Crippen LogP) is 6.05. The maximum atomic E-state index is 13.2. The van der Waals surface area contributed by atoms with Gasteiger partial charge in [0.05, 0.1) is 12.3 Å². The van der Waals surface area contributed by atoms with Gasteiger partial charge in [0.2, 0.25) is 5.82 Å². The molecule has 1 heterocycles. The fourth-order valence-corrected chi connectivity index (χ4v) is 3.92. The third-order valence-corrected chi connectivity index (χ3v) is 5.52. The molecule has 0 saturated carbocycles. The lowest BCUT2D eigenvalue weighted by molar-refractivity contribution is 0.101. The minimum Gasteiger partial charge on any atom is -0.494 e. The van der Waals surface area contributed by atoms with Crippen molar-refractivity contribution in [2.24, 2.45) is 0 Å². The molecule has 0 saturated heterocycles. The maximum Gasteiger partial charge on any atom is 0.295 e. The number of carbonyl (C=O) groups excluding carboxylic acids is 1. The van der Waals surface area contributed by atoms with Crippen molar-refractivity contribution < 1.29 is 9.53 Å². The third-order valence-electron chi connectivity index (χ3n) is 5.52. The van der Waals surface area contributed by atoms with Crippen molar-refractivity contribution in [3.05, 3.63) is 102 Å². The van der Waals surface area contributed by atoms with Crippen LogP contribution >= 0.6 is 0 Å². The molecule has 0 radical (unpaired) electrons. The first kappa shape index (κ1) is 21.4. The quantitative estimate of drug-likeness (QED) is 0.343. The van der Waals surface area contributed by atoms with Crippen molar-refractivity contribution in [1.29, 1.82) is 0 Å². The SMILES string of the molecule is CCOc1ccc(-n2nc(C(=O)Nc3cccc4ccccc34)nc2-c2cccc(C)c2)cc1. The molecular weight excluding hydrogens is 424 g/mol. The van der Waals surface area contributed by atoms with Crippen LogP contribution < -0.4 is 10.1 Å². The van der Waals surface area contributed by atoms with Gasteiger partial charge in [-0.1, -0.05) is 60.2 Å². The van der Waals surface area contributed by atoms with Crippen LogP contribution in [-0.4, -0.2) is 27.3 Å². The molecule has 1 N–H and O–H groups in total. The summed E-state index contributed by atoms with van der Waals surface area (Å²) < 4.78 is 7.26. The van der Waals surface area contributed by atoms with E-state index in [2.05, 4.69) is 15.4 Å². The number of aryl methyl sites for hydroxylation is 1. The van der Waals surface area contributed by atoms with Crippen LogP contribution in [0.3, 0.4) is 0 Å². The number of aromatic nitrogens is 3. The summed E-state index contributed by atoms with van der Waals surface area (Å²) in [6, 6.07) is 29.3. The highest BCUT2D eigenvalue weighted by Gasteiger charge is 2.20. The first-order chi connectivity index (χ1) is 16.6. The lowest BCUT2D eigenvalue weighted by atomic mass is 10.1. The van der Waals surface area contributed by atoms with Gasteiger partial charge < -0.3 is 10.1 Å². The minimum absolute atomic E-state index is 0.0957. The van der Waals surface area contributed by atoms with Crippen molar-refractivity contribution in [1.82, 2.24) is 14.8 Å². The van der Waals surface area contributed by atoms with Gasteiger partial charge in [-0.2, -0.15) is 0 Å². The molecule has 5 rings (SSSR count). The van der Waals surface area contributed by atoms with Crippen LogP contribution in [0.15, 0.2) is 91.0 Å². The van der Waals surface area contributed by atoms with E-state index in [4.69, 9.17) is 4.74 Å². The second-order valence-corrected chi connectivity index (χ2v) is 7.95. The topological polar surface area (TPSA) is 69.0 Å². The van der Waals surface area contributed by atoms with Crippen molar-refractivity contribution >= 4 is 22.4 Å². The number of carbonyl (C=O) groups is 1. The van der Waals surface area contributed by atoms with Crippen molar-refractivity contribution in [3.63, 3.8) is 0 Å². The Labute approximate surface area is 197 Å². The van der Waals surface area contributed by atoms with Gasteiger partial charge in [0.25, 0.3) is 5.91 Å². The summed E-state index contributed by atoms with van der Waals surface area (Å²) in [6.45, 7) is 4.56. The molecular formula is C28H24N4O2. The molecule has 4 aromatic carbocycles. The number of anilines is 1. The molecule has 34 heavy (non-hydrogen) atoms. The van der Waals surface area contributed by atoms with Crippen molar-refractivity contribution in [3.8, 4) is 22.8 Å². The maximum absolute atomic E-state index is 13.2. The zero-order chi connectivity index (χ0) is 23.5. The standard InChI is InChI=1S/C28H24N4O2/c1-3-34-23-16-14-22(15-17-23)32-27(21-11-6-8-19(2)18-21)30-26(31-32)28(33)29-25-13-7-10-20-9-4-5-12-24(20)25/h4-18H,3H2,1-2H3,(H,29,33). The molecule has 0 bridgehead atoms. The summed E-state index contributed by atoms with van der Waals surface area (Å²) in [4.78, 5) is 17.9. The molecule has 0 unspecified atom stereocenters. The van der Waals surface area contributed by atoms with E-state index in [1.807, 2.05) is 105 Å². The van der Waals surface area contributed by atoms with Gasteiger partial charge in [-0.3, -0.25) is 4.79 Å². The number of nitrogens with zero attached hydrogens (tertiary/aromatic N) is 3. The normalized spacial score (nSPS) is 10.9. The fourth-order valence-electron chi connectivity index (χ4n) is 3.92. The summed E-state index contributed by atoms with van der Waals surface area (Å²) >= 11 is 0. The van der Waals surface area contributed by atoms with Gasteiger partial charge in [-0.15, -0.1) is 5.10 Å². The predicted molar refractivity (Wildman–Crippen MR) is 135 cm³/mol. The van der Waals surface area contributed by atoms with E-state index in [-0.39, 0.29) is 11.7 Å². The van der Waals surface area contributed by atoms with Crippen LogP contribution in [0.25, 0.3) is 27.8 Å². The third kappa shape index (κ3) is 4.26. The molecule has 0 aliphatic rings. The summed E-state index contributed by atoms with van der Waals surface area (Å²) in [6.07, 6.45) is 0. The van der Waals surface area contributed by atoms with Gasteiger partial charge in [0.1, 0.15) is 5.75 Å². The lowest BCUT2D eigenvalue weighted by Gasteiger charge is -2.08. The monoisotopic (exact) mass is 448 g/mol. The minimum atomic E-state index is -0.366. The number of ether oxygens (including phenoxy) is 1. The average molecular weight is 449 g/mol. The Balaban J connectivity index is 1.55. The van der Waals surface area contributed by atoms with Gasteiger partial charge in [0.15, 0.2) is 5.82 Å². The Kier molecular flexibility index (Phi) is 5.79. The number of rotatable bonds is 6. The van der Waals surface area contributed by atoms with E-state index in [0.29, 0.717) is 12.4 Å². The van der Waals surface area contributed by atoms with Crippen molar-refractivity contribution in [2.75, 3.05) is 11.9 Å². The Bertz CT molecular complexity index is 1470. The summed E-state index contributed by atoms with van der Waals surface area (Å²) in [5, 5.41) is 9.59. The zero-order valence-electron chi connectivity index (χ0n) is 19.0. The first-order valence-electron chi connectivity index (χ1n) is 11.2. The Morgan fingerprint density at radius 3 is 2.50 bits per heavy atom. The van der Waals surface area contributed by atoms with E-state index in [1.54, 1.807) is 4.68 Å². The van der Waals surface area contributed by atoms with Gasteiger partial charge in [-0.25, -0.2) is 9.67 Å². The highest BCUT2D eigenvalue weighted by Crippen LogP contribution is 2.26. The number of nitrogens with one attached hydrogen (secondary N) is 1. The molecule has 6 nitrogen and oxygen atoms in total. The van der Waals surface area contributed by atoms with Crippen LogP contribution in [0, 0.1) is 6.92 Å². The average Bonchev–Trinajstić information content (AvgIpc) is 3.31.